The summed E-state index contributed by atoms with van der Waals surface area (Å²) in [5, 5.41) is 4.67. The van der Waals surface area contributed by atoms with Crippen molar-refractivity contribution in [3.05, 3.63) is 71.1 Å². The number of hydrogen-bond donors (Lipinski definition) is 3. The molecule has 1 amide bonds. The molecule has 1 aromatic heterocycles. The number of hydrogen-bond acceptors (Lipinski definition) is 5. The normalized spacial score (nSPS) is 10.8. The van der Waals surface area contributed by atoms with Crippen LogP contribution in [0.4, 0.5) is 5.69 Å². The molecule has 0 atom stereocenters. The van der Waals surface area contributed by atoms with Gasteiger partial charge in [0.25, 0.3) is 5.91 Å². The zero-order valence-electron chi connectivity index (χ0n) is 15.2. The lowest BCUT2D eigenvalue weighted by Crippen LogP contribution is -2.23. The Labute approximate surface area is 164 Å². The fourth-order valence-electron chi connectivity index (χ4n) is 2.89. The Hall–Kier alpha value is -4.07. The number of amides is 1. The van der Waals surface area contributed by atoms with E-state index in [-0.39, 0.29) is 12.3 Å². The lowest BCUT2D eigenvalue weighted by atomic mass is 10.1. The highest BCUT2D eigenvalue weighted by Crippen LogP contribution is 2.20. The van der Waals surface area contributed by atoms with Crippen LogP contribution in [0, 0.1) is 0 Å². The molecule has 29 heavy (non-hydrogen) atoms. The SMILES string of the molecule is O=C(COC(=O)COc1ccc2ccccc2c1)Nc1ccc2[nH]c(=O)[nH]c2c1. The molecule has 0 radical (unpaired) electrons. The molecular weight excluding hydrogens is 374 g/mol. The Morgan fingerprint density at radius 1 is 0.862 bits per heavy atom. The smallest absolute Gasteiger partial charge is 0.344 e. The number of rotatable bonds is 6. The molecule has 0 bridgehead atoms. The van der Waals surface area contributed by atoms with Crippen LogP contribution in [0.25, 0.3) is 21.8 Å². The lowest BCUT2D eigenvalue weighted by Gasteiger charge is -2.08. The fraction of sp³-hybridized carbons (Fsp3) is 0.0952. The summed E-state index contributed by atoms with van der Waals surface area (Å²) in [6.45, 7) is -0.746. The van der Waals surface area contributed by atoms with E-state index < -0.39 is 18.5 Å². The Balaban J connectivity index is 1.26. The van der Waals surface area contributed by atoms with Gasteiger partial charge in [-0.25, -0.2) is 9.59 Å². The quantitative estimate of drug-likeness (QED) is 0.437. The standard InChI is InChI=1S/C21H17N3O5/c25-19(22-15-6-8-17-18(10-15)24-21(27)23-17)11-29-20(26)12-28-16-7-5-13-3-1-2-4-14(13)9-16/h1-10H,11-12H2,(H,22,25)(H2,23,24,27). The Morgan fingerprint density at radius 3 is 2.52 bits per heavy atom. The van der Waals surface area contributed by atoms with E-state index in [1.807, 2.05) is 36.4 Å². The maximum Gasteiger partial charge on any atom is 0.344 e. The van der Waals surface area contributed by atoms with Gasteiger partial charge in [-0.15, -0.1) is 0 Å². The highest BCUT2D eigenvalue weighted by atomic mass is 16.6. The number of nitrogens with one attached hydrogen (secondary N) is 3. The van der Waals surface area contributed by atoms with Crippen molar-refractivity contribution in [1.29, 1.82) is 0 Å². The number of carbonyl (C=O) groups excluding carboxylic acids is 2. The van der Waals surface area contributed by atoms with E-state index in [2.05, 4.69) is 15.3 Å². The second-order valence-electron chi connectivity index (χ2n) is 6.35. The number of fused-ring (bicyclic) bond motifs is 2. The number of esters is 1. The van der Waals surface area contributed by atoms with Gasteiger partial charge in [-0.2, -0.15) is 0 Å². The van der Waals surface area contributed by atoms with E-state index in [9.17, 15) is 14.4 Å². The summed E-state index contributed by atoms with van der Waals surface area (Å²) in [6.07, 6.45) is 0. The summed E-state index contributed by atoms with van der Waals surface area (Å²) in [5.41, 5.74) is 1.34. The molecule has 0 aliphatic heterocycles. The highest BCUT2D eigenvalue weighted by Gasteiger charge is 2.10. The summed E-state index contributed by atoms with van der Waals surface area (Å²) in [4.78, 5) is 40.3. The van der Waals surface area contributed by atoms with E-state index in [0.29, 0.717) is 22.5 Å². The average Bonchev–Trinajstić information content (AvgIpc) is 3.10. The Bertz CT molecular complexity index is 1260. The number of aromatic nitrogens is 2. The minimum Gasteiger partial charge on any atom is -0.482 e. The van der Waals surface area contributed by atoms with Gasteiger partial charge in [0.1, 0.15) is 5.75 Å². The molecule has 8 heteroatoms. The third-order valence-electron chi connectivity index (χ3n) is 4.24. The number of carbonyl (C=O) groups is 2. The number of imidazole rings is 1. The second kappa shape index (κ2) is 7.89. The van der Waals surface area contributed by atoms with Crippen LogP contribution in [0.2, 0.25) is 0 Å². The van der Waals surface area contributed by atoms with Gasteiger partial charge in [0.15, 0.2) is 13.2 Å². The van der Waals surface area contributed by atoms with E-state index >= 15 is 0 Å². The van der Waals surface area contributed by atoms with Crippen molar-refractivity contribution in [1.82, 2.24) is 9.97 Å². The maximum atomic E-state index is 12.0. The molecule has 0 unspecified atom stereocenters. The second-order valence-corrected chi connectivity index (χ2v) is 6.35. The van der Waals surface area contributed by atoms with Crippen molar-refractivity contribution in [2.45, 2.75) is 0 Å². The predicted molar refractivity (Wildman–Crippen MR) is 108 cm³/mol. The number of ether oxygens (including phenoxy) is 2. The average molecular weight is 391 g/mol. The van der Waals surface area contributed by atoms with Crippen molar-refractivity contribution >= 4 is 39.4 Å². The van der Waals surface area contributed by atoms with Crippen molar-refractivity contribution in [2.24, 2.45) is 0 Å². The molecule has 8 nitrogen and oxygen atoms in total. The van der Waals surface area contributed by atoms with Gasteiger partial charge in [0.05, 0.1) is 11.0 Å². The van der Waals surface area contributed by atoms with Crippen LogP contribution in [0.1, 0.15) is 0 Å². The molecule has 0 saturated heterocycles. The van der Waals surface area contributed by atoms with Gasteiger partial charge in [-0.1, -0.05) is 30.3 Å². The largest absolute Gasteiger partial charge is 0.482 e. The fourth-order valence-corrected chi connectivity index (χ4v) is 2.89. The summed E-state index contributed by atoms with van der Waals surface area (Å²) < 4.78 is 10.4. The first-order valence-electron chi connectivity index (χ1n) is 8.86. The molecule has 0 fully saturated rings. The van der Waals surface area contributed by atoms with Crippen LogP contribution in [0.15, 0.2) is 65.5 Å². The van der Waals surface area contributed by atoms with Gasteiger partial charge in [0.2, 0.25) is 0 Å². The van der Waals surface area contributed by atoms with Gasteiger partial charge in [-0.05, 0) is 41.1 Å². The summed E-state index contributed by atoms with van der Waals surface area (Å²) in [5.74, 6) is -0.612. The predicted octanol–water partition coefficient (Wildman–Crippen LogP) is 2.57. The number of aromatic amines is 2. The van der Waals surface area contributed by atoms with E-state index in [4.69, 9.17) is 9.47 Å². The molecule has 146 valence electrons. The Morgan fingerprint density at radius 2 is 1.66 bits per heavy atom. The molecule has 0 saturated carbocycles. The van der Waals surface area contributed by atoms with E-state index in [1.165, 1.54) is 0 Å². The summed E-state index contributed by atoms with van der Waals surface area (Å²) >= 11 is 0. The van der Waals surface area contributed by atoms with Crippen LogP contribution in [-0.2, 0) is 14.3 Å². The van der Waals surface area contributed by atoms with E-state index in [0.717, 1.165) is 10.8 Å². The first-order chi connectivity index (χ1) is 14.1. The van der Waals surface area contributed by atoms with Crippen LogP contribution >= 0.6 is 0 Å². The van der Waals surface area contributed by atoms with Crippen molar-refractivity contribution in [3.63, 3.8) is 0 Å². The third-order valence-corrected chi connectivity index (χ3v) is 4.24. The number of benzene rings is 3. The first-order valence-corrected chi connectivity index (χ1v) is 8.86. The van der Waals surface area contributed by atoms with Crippen LogP contribution < -0.4 is 15.7 Å². The summed E-state index contributed by atoms with van der Waals surface area (Å²) in [6, 6.07) is 18.2. The van der Waals surface area contributed by atoms with Gasteiger partial charge >= 0.3 is 11.7 Å². The molecule has 0 aliphatic rings. The van der Waals surface area contributed by atoms with Crippen LogP contribution in [0.3, 0.4) is 0 Å². The maximum absolute atomic E-state index is 12.0. The molecule has 1 heterocycles. The van der Waals surface area contributed by atoms with Crippen molar-refractivity contribution in [3.8, 4) is 5.75 Å². The molecule has 0 spiro atoms. The Kier molecular flexibility index (Phi) is 4.98. The zero-order valence-corrected chi connectivity index (χ0v) is 15.2. The zero-order chi connectivity index (χ0) is 20.2. The minimum absolute atomic E-state index is 0.303. The van der Waals surface area contributed by atoms with Gasteiger partial charge in [-0.3, -0.25) is 4.79 Å². The van der Waals surface area contributed by atoms with Crippen molar-refractivity contribution < 1.29 is 19.1 Å². The highest BCUT2D eigenvalue weighted by molar-refractivity contribution is 5.94. The molecule has 3 N–H and O–H groups in total. The van der Waals surface area contributed by atoms with Crippen LogP contribution in [0.5, 0.6) is 5.75 Å². The molecule has 0 aliphatic carbocycles. The van der Waals surface area contributed by atoms with Gasteiger partial charge < -0.3 is 24.8 Å². The molecular formula is C21H17N3O5. The third kappa shape index (κ3) is 4.44. The summed E-state index contributed by atoms with van der Waals surface area (Å²) in [7, 11) is 0. The molecule has 4 rings (SSSR count). The molecule has 3 aromatic carbocycles. The number of anilines is 1. The number of H-pyrrole nitrogens is 2. The topological polar surface area (TPSA) is 113 Å². The molecule has 4 aromatic rings. The minimum atomic E-state index is -0.654. The van der Waals surface area contributed by atoms with Gasteiger partial charge in [0, 0.05) is 5.69 Å². The van der Waals surface area contributed by atoms with Crippen molar-refractivity contribution in [2.75, 3.05) is 18.5 Å². The van der Waals surface area contributed by atoms with E-state index in [1.54, 1.807) is 24.3 Å². The monoisotopic (exact) mass is 391 g/mol. The lowest BCUT2D eigenvalue weighted by molar-refractivity contribution is -0.149. The first kappa shape index (κ1) is 18.3. The van der Waals surface area contributed by atoms with Crippen LogP contribution in [-0.4, -0.2) is 35.1 Å².